The topological polar surface area (TPSA) is 83.6 Å². The molecular formula is C26H22F5N5O. The van der Waals surface area contributed by atoms with E-state index in [0.717, 1.165) is 28.8 Å². The SMILES string of the molecule is O=C(Nc1cccc(C(F)(F)F)n1)c1n[nH]c2ccc(-c3cncc(CC4CCC(F)(F)CC4)c3)cc12. The van der Waals surface area contributed by atoms with Crippen molar-refractivity contribution in [3.63, 3.8) is 0 Å². The van der Waals surface area contributed by atoms with Gasteiger partial charge in [0, 0.05) is 36.2 Å². The van der Waals surface area contributed by atoms with Crippen molar-refractivity contribution in [2.45, 2.75) is 44.2 Å². The Morgan fingerprint density at radius 3 is 2.59 bits per heavy atom. The van der Waals surface area contributed by atoms with Crippen LogP contribution in [-0.4, -0.2) is 32.0 Å². The van der Waals surface area contributed by atoms with E-state index in [1.807, 2.05) is 12.1 Å². The summed E-state index contributed by atoms with van der Waals surface area (Å²) in [5.74, 6) is -3.36. The molecule has 1 fully saturated rings. The normalized spacial score (nSPS) is 16.1. The quantitative estimate of drug-likeness (QED) is 0.291. The van der Waals surface area contributed by atoms with Gasteiger partial charge in [0.2, 0.25) is 5.92 Å². The first-order valence-electron chi connectivity index (χ1n) is 11.7. The summed E-state index contributed by atoms with van der Waals surface area (Å²) in [6.45, 7) is 0. The van der Waals surface area contributed by atoms with Crippen LogP contribution in [0.2, 0.25) is 0 Å². The summed E-state index contributed by atoms with van der Waals surface area (Å²) in [6.07, 6.45) is 0.169. The van der Waals surface area contributed by atoms with E-state index in [4.69, 9.17) is 0 Å². The molecule has 0 saturated heterocycles. The number of alkyl halides is 5. The number of aromatic nitrogens is 4. The third-order valence-corrected chi connectivity index (χ3v) is 6.55. The number of carbonyl (C=O) groups excluding carboxylic acids is 1. The number of benzene rings is 1. The second-order valence-electron chi connectivity index (χ2n) is 9.28. The number of rotatable bonds is 5. The number of halogens is 5. The fraction of sp³-hybridized carbons (Fsp3) is 0.308. The van der Waals surface area contributed by atoms with Gasteiger partial charge in [-0.25, -0.2) is 13.8 Å². The summed E-state index contributed by atoms with van der Waals surface area (Å²) < 4.78 is 65.8. The molecular weight excluding hydrogens is 493 g/mol. The standard InChI is InChI=1S/C26H22F5N5O/c27-25(28)8-6-15(7-9-25)10-16-11-18(14-32-13-16)17-4-5-20-19(12-17)23(36-35-20)24(37)34-22-3-1-2-21(33-22)26(29,30)31/h1-5,11-15H,6-10H2,(H,35,36)(H,33,34,37). The van der Waals surface area contributed by atoms with Crippen molar-refractivity contribution >= 4 is 22.6 Å². The third-order valence-electron chi connectivity index (χ3n) is 6.55. The Kier molecular flexibility index (Phi) is 6.38. The monoisotopic (exact) mass is 515 g/mol. The van der Waals surface area contributed by atoms with Crippen molar-refractivity contribution in [2.24, 2.45) is 5.92 Å². The van der Waals surface area contributed by atoms with Crippen LogP contribution >= 0.6 is 0 Å². The zero-order valence-corrected chi connectivity index (χ0v) is 19.4. The number of carbonyl (C=O) groups is 1. The number of hydrogen-bond acceptors (Lipinski definition) is 4. The van der Waals surface area contributed by atoms with Gasteiger partial charge in [-0.2, -0.15) is 18.3 Å². The number of nitrogens with zero attached hydrogens (tertiary/aromatic N) is 3. The Labute approximate surface area is 208 Å². The molecule has 1 amide bonds. The van der Waals surface area contributed by atoms with Crippen LogP contribution in [-0.2, 0) is 12.6 Å². The highest BCUT2D eigenvalue weighted by atomic mass is 19.4. The summed E-state index contributed by atoms with van der Waals surface area (Å²) in [5.41, 5.74) is 1.93. The smallest absolute Gasteiger partial charge is 0.305 e. The van der Waals surface area contributed by atoms with Crippen LogP contribution in [0.3, 0.4) is 0 Å². The molecule has 0 radical (unpaired) electrons. The van der Waals surface area contributed by atoms with Gasteiger partial charge in [0.25, 0.3) is 5.91 Å². The molecule has 192 valence electrons. The van der Waals surface area contributed by atoms with Gasteiger partial charge in [-0.05, 0) is 66.6 Å². The minimum Gasteiger partial charge on any atom is -0.305 e. The third kappa shape index (κ3) is 5.60. The summed E-state index contributed by atoms with van der Waals surface area (Å²) >= 11 is 0. The van der Waals surface area contributed by atoms with E-state index in [2.05, 4.69) is 25.5 Å². The van der Waals surface area contributed by atoms with Gasteiger partial charge in [0.15, 0.2) is 5.69 Å². The fourth-order valence-electron chi connectivity index (χ4n) is 4.60. The van der Waals surface area contributed by atoms with E-state index in [1.165, 1.54) is 6.07 Å². The number of H-pyrrole nitrogens is 1. The molecule has 1 aromatic carbocycles. The Morgan fingerprint density at radius 1 is 1.05 bits per heavy atom. The lowest BCUT2D eigenvalue weighted by Gasteiger charge is -2.28. The number of aromatic amines is 1. The highest BCUT2D eigenvalue weighted by Crippen LogP contribution is 2.37. The molecule has 0 bridgehead atoms. The molecule has 1 aliphatic carbocycles. The lowest BCUT2D eigenvalue weighted by Crippen LogP contribution is -2.25. The number of amides is 1. The summed E-state index contributed by atoms with van der Waals surface area (Å²) in [7, 11) is 0. The van der Waals surface area contributed by atoms with Crippen molar-refractivity contribution in [3.05, 3.63) is 71.8 Å². The summed E-state index contributed by atoms with van der Waals surface area (Å²) in [6, 6.07) is 10.5. The van der Waals surface area contributed by atoms with E-state index < -0.39 is 23.7 Å². The van der Waals surface area contributed by atoms with Gasteiger partial charge in [-0.3, -0.25) is 14.9 Å². The van der Waals surface area contributed by atoms with Crippen LogP contribution in [0.4, 0.5) is 27.8 Å². The summed E-state index contributed by atoms with van der Waals surface area (Å²) in [4.78, 5) is 20.6. The first-order chi connectivity index (χ1) is 17.6. The molecule has 0 atom stereocenters. The molecule has 37 heavy (non-hydrogen) atoms. The van der Waals surface area contributed by atoms with Crippen molar-refractivity contribution in [1.82, 2.24) is 20.2 Å². The number of fused-ring (bicyclic) bond motifs is 1. The Hall–Kier alpha value is -3.89. The van der Waals surface area contributed by atoms with Crippen molar-refractivity contribution in [2.75, 3.05) is 5.32 Å². The molecule has 3 aromatic heterocycles. The second-order valence-corrected chi connectivity index (χ2v) is 9.28. The van der Waals surface area contributed by atoms with Crippen molar-refractivity contribution in [3.8, 4) is 11.1 Å². The van der Waals surface area contributed by atoms with E-state index in [-0.39, 0.29) is 30.3 Å². The summed E-state index contributed by atoms with van der Waals surface area (Å²) in [5, 5.41) is 9.64. The van der Waals surface area contributed by atoms with Gasteiger partial charge >= 0.3 is 6.18 Å². The Balaban J connectivity index is 1.36. The second kappa shape index (κ2) is 9.53. The van der Waals surface area contributed by atoms with Crippen LogP contribution in [0.15, 0.2) is 54.9 Å². The first kappa shape index (κ1) is 24.8. The average molecular weight is 515 g/mol. The average Bonchev–Trinajstić information content (AvgIpc) is 3.29. The number of pyridine rings is 2. The molecule has 3 heterocycles. The van der Waals surface area contributed by atoms with Crippen LogP contribution < -0.4 is 5.32 Å². The maximum atomic E-state index is 13.5. The lowest BCUT2D eigenvalue weighted by atomic mass is 9.83. The molecule has 4 aromatic rings. The minimum atomic E-state index is -4.64. The molecule has 0 aliphatic heterocycles. The largest absolute Gasteiger partial charge is 0.433 e. The fourth-order valence-corrected chi connectivity index (χ4v) is 4.60. The van der Waals surface area contributed by atoms with E-state index in [0.29, 0.717) is 30.2 Å². The lowest BCUT2D eigenvalue weighted by molar-refractivity contribution is -0.141. The Bertz CT molecular complexity index is 1440. The van der Waals surface area contributed by atoms with E-state index in [9.17, 15) is 26.7 Å². The zero-order valence-electron chi connectivity index (χ0n) is 19.4. The first-order valence-corrected chi connectivity index (χ1v) is 11.7. The molecule has 1 aliphatic rings. The zero-order chi connectivity index (χ0) is 26.2. The number of hydrogen-bond donors (Lipinski definition) is 2. The van der Waals surface area contributed by atoms with Crippen LogP contribution in [0.5, 0.6) is 0 Å². The molecule has 0 unspecified atom stereocenters. The van der Waals surface area contributed by atoms with Gasteiger partial charge in [0.05, 0.1) is 5.52 Å². The molecule has 0 spiro atoms. The van der Waals surface area contributed by atoms with Crippen LogP contribution in [0.25, 0.3) is 22.0 Å². The van der Waals surface area contributed by atoms with Crippen LogP contribution in [0.1, 0.15) is 47.4 Å². The maximum absolute atomic E-state index is 13.5. The molecule has 6 nitrogen and oxygen atoms in total. The highest BCUT2D eigenvalue weighted by molar-refractivity contribution is 6.11. The molecule has 2 N–H and O–H groups in total. The van der Waals surface area contributed by atoms with Crippen molar-refractivity contribution in [1.29, 1.82) is 0 Å². The van der Waals surface area contributed by atoms with E-state index >= 15 is 0 Å². The van der Waals surface area contributed by atoms with Crippen LogP contribution in [0, 0.1) is 5.92 Å². The Morgan fingerprint density at radius 2 is 1.84 bits per heavy atom. The predicted molar refractivity (Wildman–Crippen MR) is 127 cm³/mol. The van der Waals surface area contributed by atoms with Crippen molar-refractivity contribution < 1.29 is 26.7 Å². The minimum absolute atomic E-state index is 0.00306. The van der Waals surface area contributed by atoms with Gasteiger partial charge in [-0.1, -0.05) is 12.1 Å². The number of anilines is 1. The highest BCUT2D eigenvalue weighted by Gasteiger charge is 2.35. The van der Waals surface area contributed by atoms with Gasteiger partial charge in [-0.15, -0.1) is 0 Å². The van der Waals surface area contributed by atoms with Gasteiger partial charge in [0.1, 0.15) is 11.5 Å². The predicted octanol–water partition coefficient (Wildman–Crippen LogP) is 6.66. The van der Waals surface area contributed by atoms with E-state index in [1.54, 1.807) is 24.5 Å². The molecule has 1 saturated carbocycles. The maximum Gasteiger partial charge on any atom is 0.433 e. The molecule has 5 rings (SSSR count). The molecule has 11 heteroatoms. The number of nitrogens with one attached hydrogen (secondary N) is 2. The van der Waals surface area contributed by atoms with Gasteiger partial charge < -0.3 is 5.32 Å².